The predicted octanol–water partition coefficient (Wildman–Crippen LogP) is 1.65. The lowest BCUT2D eigenvalue weighted by atomic mass is 10.3. The Morgan fingerprint density at radius 3 is 2.33 bits per heavy atom. The summed E-state index contributed by atoms with van der Waals surface area (Å²) in [5.41, 5.74) is 0. The van der Waals surface area contributed by atoms with Gasteiger partial charge in [0.1, 0.15) is 12.8 Å². The van der Waals surface area contributed by atoms with Crippen molar-refractivity contribution in [2.75, 3.05) is 0 Å². The number of hydrogen-bond acceptors (Lipinski definition) is 1. The molecule has 0 aromatic rings. The summed E-state index contributed by atoms with van der Waals surface area (Å²) in [5.74, 6) is 0. The van der Waals surface area contributed by atoms with Crippen LogP contribution in [-0.2, 0) is 0 Å². The van der Waals surface area contributed by atoms with Crippen LogP contribution in [0.15, 0.2) is 4.99 Å². The lowest BCUT2D eigenvalue weighted by Gasteiger charge is -1.82. The van der Waals surface area contributed by atoms with Gasteiger partial charge in [0.25, 0.3) is 0 Å². The van der Waals surface area contributed by atoms with E-state index >= 15 is 0 Å². The molecule has 0 fully saturated rings. The van der Waals surface area contributed by atoms with Gasteiger partial charge in [-0.3, -0.25) is 0 Å². The van der Waals surface area contributed by atoms with E-state index in [0.29, 0.717) is 0 Å². The Hall–Kier alpha value is -0.460. The second-order valence-electron chi connectivity index (χ2n) is 1.25. The van der Waals surface area contributed by atoms with E-state index in [0.717, 1.165) is 12.5 Å². The van der Waals surface area contributed by atoms with E-state index in [9.17, 15) is 0 Å². The Bertz CT molecular complexity index is 41.2. The fourth-order valence-electron chi connectivity index (χ4n) is 0.112. The molecular weight excluding hydrogens is 74.1 g/mol. The van der Waals surface area contributed by atoms with E-state index in [4.69, 9.17) is 0 Å². The van der Waals surface area contributed by atoms with Gasteiger partial charge in [0, 0.05) is 6.92 Å². The number of nitrogens with zero attached hydrogens (tertiary/aromatic N) is 1. The third-order valence-electron chi connectivity index (χ3n) is 0.782. The molecular formula is C5H10N+. The molecule has 0 saturated heterocycles. The fourth-order valence-corrected chi connectivity index (χ4v) is 0.112. The van der Waals surface area contributed by atoms with Gasteiger partial charge in [0.15, 0.2) is 0 Å². The van der Waals surface area contributed by atoms with Gasteiger partial charge >= 0.3 is 0 Å². The molecule has 0 aromatic carbocycles. The third kappa shape index (κ3) is 1.82. The number of rotatable bonds is 2. The quantitative estimate of drug-likeness (QED) is 0.356. The summed E-state index contributed by atoms with van der Waals surface area (Å²) >= 11 is 0. The number of hydrogen-bond donors (Lipinski definition) is 0. The Morgan fingerprint density at radius 1 is 1.83 bits per heavy atom. The molecule has 34 valence electrons. The molecule has 0 heterocycles. The van der Waals surface area contributed by atoms with E-state index in [1.165, 1.54) is 0 Å². The molecule has 0 atom stereocenters. The lowest BCUT2D eigenvalue weighted by Crippen LogP contribution is -1.77. The summed E-state index contributed by atoms with van der Waals surface area (Å²) in [7, 11) is 0. The van der Waals surface area contributed by atoms with Crippen molar-refractivity contribution in [1.82, 2.24) is 0 Å². The SMILES string of the molecule is C=N[C+](C)CC. The lowest BCUT2D eigenvalue weighted by molar-refractivity contribution is 0.897. The highest BCUT2D eigenvalue weighted by molar-refractivity contribution is 5.26. The molecule has 0 amide bonds. The van der Waals surface area contributed by atoms with Crippen molar-refractivity contribution in [2.24, 2.45) is 4.99 Å². The fraction of sp³-hybridized carbons (Fsp3) is 0.600. The highest BCUT2D eigenvalue weighted by atomic mass is 14.7. The second kappa shape index (κ2) is 2.76. The molecule has 0 radical (unpaired) electrons. The minimum Gasteiger partial charge on any atom is -0.0896 e. The van der Waals surface area contributed by atoms with Gasteiger partial charge in [-0.1, -0.05) is 4.99 Å². The van der Waals surface area contributed by atoms with Gasteiger partial charge in [-0.15, -0.1) is 0 Å². The molecule has 0 aromatic heterocycles. The first kappa shape index (κ1) is 5.54. The van der Waals surface area contributed by atoms with Crippen LogP contribution in [0.3, 0.4) is 0 Å². The third-order valence-corrected chi connectivity index (χ3v) is 0.782. The minimum atomic E-state index is 1.02. The molecule has 0 saturated carbocycles. The van der Waals surface area contributed by atoms with Crippen molar-refractivity contribution < 1.29 is 0 Å². The van der Waals surface area contributed by atoms with Crippen molar-refractivity contribution in [2.45, 2.75) is 20.3 Å². The zero-order valence-electron chi connectivity index (χ0n) is 4.36. The van der Waals surface area contributed by atoms with Crippen LogP contribution in [0, 0.1) is 6.04 Å². The summed E-state index contributed by atoms with van der Waals surface area (Å²) in [6, 6.07) is 1.11. The molecule has 0 bridgehead atoms. The summed E-state index contributed by atoms with van der Waals surface area (Å²) in [5, 5.41) is 0. The summed E-state index contributed by atoms with van der Waals surface area (Å²) in [6.45, 7) is 7.37. The monoisotopic (exact) mass is 84.1 g/mol. The first-order valence-corrected chi connectivity index (χ1v) is 2.10. The topological polar surface area (TPSA) is 12.4 Å². The minimum absolute atomic E-state index is 1.02. The van der Waals surface area contributed by atoms with Crippen molar-refractivity contribution in [3.63, 3.8) is 0 Å². The Kier molecular flexibility index (Phi) is 2.55. The van der Waals surface area contributed by atoms with E-state index in [1.807, 2.05) is 6.92 Å². The maximum absolute atomic E-state index is 3.67. The molecule has 0 aliphatic carbocycles. The van der Waals surface area contributed by atoms with Crippen LogP contribution in [0.25, 0.3) is 0 Å². The van der Waals surface area contributed by atoms with E-state index < -0.39 is 0 Å². The van der Waals surface area contributed by atoms with Gasteiger partial charge in [-0.05, 0) is 6.92 Å². The molecule has 0 spiro atoms. The van der Waals surface area contributed by atoms with Gasteiger partial charge < -0.3 is 0 Å². The van der Waals surface area contributed by atoms with Crippen molar-refractivity contribution >= 4 is 6.72 Å². The van der Waals surface area contributed by atoms with Gasteiger partial charge in [-0.2, -0.15) is 0 Å². The zero-order chi connectivity index (χ0) is 4.99. The van der Waals surface area contributed by atoms with Crippen LogP contribution in [0.2, 0.25) is 0 Å². The first-order chi connectivity index (χ1) is 2.81. The zero-order valence-corrected chi connectivity index (χ0v) is 4.36. The van der Waals surface area contributed by atoms with E-state index in [-0.39, 0.29) is 0 Å². The van der Waals surface area contributed by atoms with Crippen molar-refractivity contribution in [3.05, 3.63) is 6.04 Å². The van der Waals surface area contributed by atoms with Gasteiger partial charge in [-0.25, -0.2) is 0 Å². The van der Waals surface area contributed by atoms with Crippen molar-refractivity contribution in [3.8, 4) is 0 Å². The molecule has 1 heteroatoms. The first-order valence-electron chi connectivity index (χ1n) is 2.10. The van der Waals surface area contributed by atoms with Crippen LogP contribution in [0.5, 0.6) is 0 Å². The maximum Gasteiger partial charge on any atom is 0.146 e. The molecule has 6 heavy (non-hydrogen) atoms. The van der Waals surface area contributed by atoms with Crippen LogP contribution in [0.4, 0.5) is 0 Å². The summed E-state index contributed by atoms with van der Waals surface area (Å²) in [6.07, 6.45) is 1.02. The number of aliphatic imine (C=N–C) groups is 1. The molecule has 0 rings (SSSR count). The maximum atomic E-state index is 3.67. The van der Waals surface area contributed by atoms with E-state index in [2.05, 4.69) is 18.6 Å². The molecule has 0 aliphatic heterocycles. The highest BCUT2D eigenvalue weighted by Gasteiger charge is 1.95. The second-order valence-corrected chi connectivity index (χ2v) is 1.25. The largest absolute Gasteiger partial charge is 0.146 e. The van der Waals surface area contributed by atoms with Crippen molar-refractivity contribution in [1.29, 1.82) is 0 Å². The summed E-state index contributed by atoms with van der Waals surface area (Å²) < 4.78 is 0. The smallest absolute Gasteiger partial charge is 0.0896 e. The average Bonchev–Trinajstić information content (AvgIpc) is 1.65. The Labute approximate surface area is 39.1 Å². The molecule has 1 nitrogen and oxygen atoms in total. The average molecular weight is 84.1 g/mol. The Balaban J connectivity index is 2.96. The van der Waals surface area contributed by atoms with E-state index in [1.54, 1.807) is 0 Å². The Morgan fingerprint density at radius 2 is 2.33 bits per heavy atom. The normalized spacial score (nSPS) is 7.67. The molecule has 0 aliphatic rings. The van der Waals surface area contributed by atoms with Gasteiger partial charge in [0.05, 0.1) is 6.42 Å². The standard InChI is InChI=1S/C5H10N/c1-4-5(2)6-3/h3-4H2,1-2H3/q+1. The molecule has 0 N–H and O–H groups in total. The predicted molar refractivity (Wildman–Crippen MR) is 28.8 cm³/mol. The van der Waals surface area contributed by atoms with Crippen LogP contribution < -0.4 is 0 Å². The van der Waals surface area contributed by atoms with Crippen LogP contribution in [-0.4, -0.2) is 6.72 Å². The molecule has 0 unspecified atom stereocenters. The highest BCUT2D eigenvalue weighted by Crippen LogP contribution is 2.00. The summed E-state index contributed by atoms with van der Waals surface area (Å²) in [4.78, 5) is 3.67. The van der Waals surface area contributed by atoms with Crippen LogP contribution in [0.1, 0.15) is 20.3 Å². The van der Waals surface area contributed by atoms with Gasteiger partial charge in [0.2, 0.25) is 0 Å². The van der Waals surface area contributed by atoms with Crippen LogP contribution >= 0.6 is 0 Å².